The molecule has 0 saturated carbocycles. The highest BCUT2D eigenvalue weighted by Crippen LogP contribution is 2.37. The minimum Gasteiger partial charge on any atom is -0.546 e. The number of esters is 1. The van der Waals surface area contributed by atoms with E-state index in [1.165, 1.54) is 4.90 Å². The second kappa shape index (κ2) is 13.9. The van der Waals surface area contributed by atoms with Crippen LogP contribution in [-0.2, 0) is 24.7 Å². The number of carboxylic acid groups (broad SMARTS) is 1. The van der Waals surface area contributed by atoms with E-state index < -0.39 is 29.2 Å². The van der Waals surface area contributed by atoms with Gasteiger partial charge in [0.2, 0.25) is 0 Å². The van der Waals surface area contributed by atoms with Gasteiger partial charge in [-0.15, -0.1) is 0 Å². The Morgan fingerprint density at radius 1 is 1.18 bits per heavy atom. The lowest BCUT2D eigenvalue weighted by Gasteiger charge is -2.44. The van der Waals surface area contributed by atoms with E-state index >= 15 is 0 Å². The van der Waals surface area contributed by atoms with Gasteiger partial charge >= 0.3 is 12.1 Å². The molecule has 2 N–H and O–H groups in total. The Morgan fingerprint density at radius 2 is 1.82 bits per heavy atom. The van der Waals surface area contributed by atoms with Crippen LogP contribution in [0.2, 0.25) is 0 Å². The molecule has 1 heterocycles. The van der Waals surface area contributed by atoms with Gasteiger partial charge in [-0.05, 0) is 50.5 Å². The van der Waals surface area contributed by atoms with Crippen molar-refractivity contribution in [2.75, 3.05) is 33.7 Å². The van der Waals surface area contributed by atoms with Gasteiger partial charge in [0.1, 0.15) is 11.2 Å². The van der Waals surface area contributed by atoms with Crippen molar-refractivity contribution in [3.63, 3.8) is 0 Å². The quantitative estimate of drug-likeness (QED) is 0.508. The maximum Gasteiger partial charge on any atom is 0.410 e. The largest absolute Gasteiger partial charge is 0.546 e. The van der Waals surface area contributed by atoms with Gasteiger partial charge in [-0.2, -0.15) is 5.26 Å². The Kier molecular flexibility index (Phi) is 11.2. The summed E-state index contributed by atoms with van der Waals surface area (Å²) in [5, 5.41) is 31.3. The molecule has 1 amide bonds. The summed E-state index contributed by atoms with van der Waals surface area (Å²) in [7, 11) is 4.05. The van der Waals surface area contributed by atoms with E-state index in [1.54, 1.807) is 53.4 Å². The number of nitrogens with zero attached hydrogens (tertiary/aromatic N) is 2. The molecule has 10 heteroatoms. The number of hydrogen-bond donors (Lipinski definition) is 2. The molecule has 1 saturated heterocycles. The summed E-state index contributed by atoms with van der Waals surface area (Å²) < 4.78 is 10.1. The summed E-state index contributed by atoms with van der Waals surface area (Å²) in [6, 6.07) is 17.5. The zero-order chi connectivity index (χ0) is 30.1. The monoisotopic (exact) mass is 553 g/mol. The van der Waals surface area contributed by atoms with Crippen molar-refractivity contribution in [2.45, 2.75) is 51.4 Å². The normalized spacial score (nSPS) is 19.5. The third-order valence-corrected chi connectivity index (χ3v) is 6.28. The lowest BCUT2D eigenvalue weighted by molar-refractivity contribution is -0.863. The standard InChI is InChI=1S/C20H29N3O3.C10H10O4/c1-19(2,3)26-18(24)23-10-9-20(25,17(14-23)13-22(4)5)16-8-6-7-15(11-16)12-21;1-7(11)14-9(10(12)13)8-5-3-2-4-6-8/h6-8,11,17,25H,9-10,13-14H2,1-5H3;2-6,9H,1H3,(H,12,13)/t17-,20+;9-/m10/s1. The lowest BCUT2D eigenvalue weighted by Crippen LogP contribution is -3.07. The van der Waals surface area contributed by atoms with E-state index in [-0.39, 0.29) is 12.0 Å². The number of aliphatic hydroxyl groups is 1. The van der Waals surface area contributed by atoms with E-state index in [0.29, 0.717) is 37.2 Å². The highest BCUT2D eigenvalue weighted by atomic mass is 16.6. The Labute approximate surface area is 235 Å². The number of aliphatic carboxylic acids is 1. The minimum absolute atomic E-state index is 0.150. The zero-order valence-corrected chi connectivity index (χ0v) is 24.0. The van der Waals surface area contributed by atoms with Crippen LogP contribution in [0, 0.1) is 17.2 Å². The molecule has 40 heavy (non-hydrogen) atoms. The summed E-state index contributed by atoms with van der Waals surface area (Å²) >= 11 is 0. The second-order valence-corrected chi connectivity index (χ2v) is 11.1. The van der Waals surface area contributed by atoms with Crippen molar-refractivity contribution in [3.8, 4) is 6.07 Å². The molecular weight excluding hydrogens is 514 g/mol. The Bertz CT molecular complexity index is 1200. The Hall–Kier alpha value is -3.94. The number of nitrogens with one attached hydrogen (secondary N) is 1. The molecule has 0 bridgehead atoms. The number of carboxylic acids is 1. The van der Waals surface area contributed by atoms with Crippen molar-refractivity contribution in [1.82, 2.24) is 4.90 Å². The Morgan fingerprint density at radius 3 is 2.35 bits per heavy atom. The zero-order valence-electron chi connectivity index (χ0n) is 24.0. The van der Waals surface area contributed by atoms with Gasteiger partial charge in [-0.3, -0.25) is 4.79 Å². The van der Waals surface area contributed by atoms with Crippen LogP contribution >= 0.6 is 0 Å². The van der Waals surface area contributed by atoms with Gasteiger partial charge in [0, 0.05) is 20.0 Å². The van der Waals surface area contributed by atoms with Crippen molar-refractivity contribution < 1.29 is 39.0 Å². The molecule has 3 rings (SSSR count). The number of piperidine rings is 1. The number of carbonyl (C=O) groups is 3. The molecule has 10 nitrogen and oxygen atoms in total. The first kappa shape index (κ1) is 32.3. The van der Waals surface area contributed by atoms with Crippen LogP contribution in [0.15, 0.2) is 54.6 Å². The van der Waals surface area contributed by atoms with Gasteiger partial charge in [0.15, 0.2) is 6.10 Å². The van der Waals surface area contributed by atoms with Gasteiger partial charge < -0.3 is 34.3 Å². The Balaban J connectivity index is 0.000000337. The van der Waals surface area contributed by atoms with E-state index in [0.717, 1.165) is 12.5 Å². The highest BCUT2D eigenvalue weighted by molar-refractivity contribution is 5.77. The lowest BCUT2D eigenvalue weighted by atomic mass is 9.75. The first-order valence-electron chi connectivity index (χ1n) is 13.1. The molecule has 0 aliphatic carbocycles. The predicted molar refractivity (Wildman–Crippen MR) is 145 cm³/mol. The van der Waals surface area contributed by atoms with Crippen molar-refractivity contribution in [1.29, 1.82) is 5.26 Å². The van der Waals surface area contributed by atoms with Crippen LogP contribution in [0.5, 0.6) is 0 Å². The van der Waals surface area contributed by atoms with Gasteiger partial charge in [0.05, 0.1) is 44.2 Å². The van der Waals surface area contributed by atoms with Crippen molar-refractivity contribution in [2.24, 2.45) is 5.92 Å². The molecule has 1 aliphatic heterocycles. The maximum atomic E-state index is 12.5. The van der Waals surface area contributed by atoms with Crippen LogP contribution in [0.1, 0.15) is 56.9 Å². The van der Waals surface area contributed by atoms with E-state index in [4.69, 9.17) is 4.74 Å². The number of quaternary nitrogens is 1. The molecule has 1 aliphatic rings. The topological polar surface area (TPSA) is 144 Å². The first-order valence-corrected chi connectivity index (χ1v) is 13.1. The van der Waals surface area contributed by atoms with Gasteiger partial charge in [0.25, 0.3) is 0 Å². The van der Waals surface area contributed by atoms with Gasteiger partial charge in [-0.25, -0.2) is 4.79 Å². The number of nitriles is 1. The number of carbonyl (C=O) groups excluding carboxylic acids is 3. The summed E-state index contributed by atoms with van der Waals surface area (Å²) in [4.78, 5) is 36.6. The molecule has 0 unspecified atom stereocenters. The fourth-order valence-electron chi connectivity index (χ4n) is 4.52. The van der Waals surface area contributed by atoms with Crippen molar-refractivity contribution in [3.05, 3.63) is 71.3 Å². The van der Waals surface area contributed by atoms with Crippen LogP contribution in [0.25, 0.3) is 0 Å². The maximum absolute atomic E-state index is 12.5. The smallest absolute Gasteiger partial charge is 0.410 e. The number of hydrogen-bond acceptors (Lipinski definition) is 8. The molecule has 2 aromatic carbocycles. The molecule has 3 atom stereocenters. The number of amides is 1. The molecule has 0 aromatic heterocycles. The van der Waals surface area contributed by atoms with Gasteiger partial charge in [-0.1, -0.05) is 42.5 Å². The average Bonchev–Trinajstić information content (AvgIpc) is 2.88. The van der Waals surface area contributed by atoms with Crippen molar-refractivity contribution >= 4 is 18.0 Å². The number of ether oxygens (including phenoxy) is 2. The molecule has 2 aromatic rings. The fourth-order valence-corrected chi connectivity index (χ4v) is 4.52. The van der Waals surface area contributed by atoms with Crippen LogP contribution in [0.4, 0.5) is 4.79 Å². The molecule has 0 spiro atoms. The average molecular weight is 554 g/mol. The SMILES string of the molecule is CC(=O)O[C@H](C(=O)[O-])c1ccccc1.C[NH+](C)C[C@@H]1CN(C(=O)OC(C)(C)C)CC[C@]1(O)c1cccc(C#N)c1. The van der Waals surface area contributed by atoms with Crippen LogP contribution in [0.3, 0.4) is 0 Å². The third kappa shape index (κ3) is 9.36. The summed E-state index contributed by atoms with van der Waals surface area (Å²) in [6.07, 6.45) is -1.25. The molecule has 216 valence electrons. The highest BCUT2D eigenvalue weighted by Gasteiger charge is 2.46. The predicted octanol–water partition coefficient (Wildman–Crippen LogP) is 1.19. The van der Waals surface area contributed by atoms with Crippen LogP contribution in [-0.4, -0.2) is 67.4 Å². The third-order valence-electron chi connectivity index (χ3n) is 6.28. The second-order valence-electron chi connectivity index (χ2n) is 11.1. The molecule has 0 radical (unpaired) electrons. The van der Waals surface area contributed by atoms with Crippen LogP contribution < -0.4 is 10.0 Å². The summed E-state index contributed by atoms with van der Waals surface area (Å²) in [6.45, 7) is 8.24. The fraction of sp³-hybridized carbons (Fsp3) is 0.467. The minimum atomic E-state index is -1.42. The number of benzene rings is 2. The first-order chi connectivity index (χ1) is 18.7. The molecular formula is C30H39N3O7. The summed E-state index contributed by atoms with van der Waals surface area (Å²) in [5.74, 6) is -2.22. The number of rotatable bonds is 6. The van der Waals surface area contributed by atoms with E-state index in [9.17, 15) is 29.9 Å². The van der Waals surface area contributed by atoms with E-state index in [1.807, 2.05) is 40.9 Å². The van der Waals surface area contributed by atoms with E-state index in [2.05, 4.69) is 10.8 Å². The molecule has 1 fully saturated rings. The number of likely N-dealkylation sites (tertiary alicyclic amines) is 1. The summed E-state index contributed by atoms with van der Waals surface area (Å²) in [5.41, 5.74) is 0.0486.